The van der Waals surface area contributed by atoms with Crippen LogP contribution in [0.4, 0.5) is 0 Å². The van der Waals surface area contributed by atoms with Gasteiger partial charge in [0, 0.05) is 19.4 Å². The minimum Gasteiger partial charge on any atom is -0.392 e. The van der Waals surface area contributed by atoms with E-state index in [0.717, 1.165) is 0 Å². The highest BCUT2D eigenvalue weighted by Crippen LogP contribution is 2.21. The fourth-order valence-corrected chi connectivity index (χ4v) is 1.43. The summed E-state index contributed by atoms with van der Waals surface area (Å²) in [6.07, 6.45) is 0.378. The summed E-state index contributed by atoms with van der Waals surface area (Å²) in [7, 11) is 0. The van der Waals surface area contributed by atoms with Gasteiger partial charge in [-0.05, 0) is 12.3 Å². The molecule has 0 radical (unpaired) electrons. The molecule has 4 nitrogen and oxygen atoms in total. The van der Waals surface area contributed by atoms with Crippen LogP contribution in [0.5, 0.6) is 0 Å². The number of Topliss-reactive ketones (excluding diaryl/α,β-unsaturated/α-hetero) is 2. The van der Waals surface area contributed by atoms with Crippen LogP contribution in [0, 0.1) is 5.92 Å². The van der Waals surface area contributed by atoms with Crippen LogP contribution in [0.2, 0.25) is 0 Å². The third-order valence-electron chi connectivity index (χ3n) is 2.29. The standard InChI is InChI=1S/C8H13NO3/c9-4-8(12)5-1-2-6(10)7(11)3-5/h5,8,12H,1-4,9H2. The quantitative estimate of drug-likeness (QED) is 0.535. The number of rotatable bonds is 2. The van der Waals surface area contributed by atoms with E-state index < -0.39 is 6.10 Å². The van der Waals surface area contributed by atoms with Crippen molar-refractivity contribution in [2.75, 3.05) is 6.54 Å². The summed E-state index contributed by atoms with van der Waals surface area (Å²) in [5, 5.41) is 9.30. The summed E-state index contributed by atoms with van der Waals surface area (Å²) in [6.45, 7) is 0.159. The van der Waals surface area contributed by atoms with E-state index in [1.54, 1.807) is 0 Å². The van der Waals surface area contributed by atoms with Gasteiger partial charge in [0.1, 0.15) is 0 Å². The summed E-state index contributed by atoms with van der Waals surface area (Å²) < 4.78 is 0. The summed E-state index contributed by atoms with van der Waals surface area (Å²) in [5.41, 5.74) is 5.24. The molecule has 12 heavy (non-hydrogen) atoms. The van der Waals surface area contributed by atoms with Crippen molar-refractivity contribution in [3.05, 3.63) is 0 Å². The van der Waals surface area contributed by atoms with Gasteiger partial charge in [-0.2, -0.15) is 0 Å². The SMILES string of the molecule is NCC(O)C1CCC(=O)C(=O)C1. The smallest absolute Gasteiger partial charge is 0.198 e. The number of ketones is 2. The van der Waals surface area contributed by atoms with Gasteiger partial charge < -0.3 is 10.8 Å². The number of carbonyl (C=O) groups excluding carboxylic acids is 2. The first-order valence-corrected chi connectivity index (χ1v) is 4.09. The number of hydrogen-bond donors (Lipinski definition) is 2. The highest BCUT2D eigenvalue weighted by atomic mass is 16.3. The maximum absolute atomic E-state index is 10.9. The molecule has 0 heterocycles. The van der Waals surface area contributed by atoms with Crippen LogP contribution in [0.3, 0.4) is 0 Å². The van der Waals surface area contributed by atoms with Gasteiger partial charge in [0.15, 0.2) is 11.6 Å². The number of hydrogen-bond acceptors (Lipinski definition) is 4. The normalized spacial score (nSPS) is 27.3. The fraction of sp³-hybridized carbons (Fsp3) is 0.750. The first-order valence-electron chi connectivity index (χ1n) is 4.09. The zero-order valence-electron chi connectivity index (χ0n) is 6.82. The van der Waals surface area contributed by atoms with Gasteiger partial charge in [0.25, 0.3) is 0 Å². The Hall–Kier alpha value is -0.740. The molecule has 1 saturated carbocycles. The predicted octanol–water partition coefficient (Wildman–Crippen LogP) is -0.756. The van der Waals surface area contributed by atoms with Gasteiger partial charge in [-0.1, -0.05) is 0 Å². The Morgan fingerprint density at radius 2 is 2.17 bits per heavy atom. The largest absolute Gasteiger partial charge is 0.392 e. The number of aliphatic hydroxyl groups excluding tert-OH is 1. The third kappa shape index (κ3) is 1.89. The van der Waals surface area contributed by atoms with Crippen molar-refractivity contribution >= 4 is 11.6 Å². The Bertz CT molecular complexity index is 202. The molecule has 68 valence electrons. The van der Waals surface area contributed by atoms with Crippen molar-refractivity contribution in [3.63, 3.8) is 0 Å². The Balaban J connectivity index is 2.50. The van der Waals surface area contributed by atoms with Gasteiger partial charge in [-0.25, -0.2) is 0 Å². The Morgan fingerprint density at radius 3 is 2.67 bits per heavy atom. The zero-order valence-corrected chi connectivity index (χ0v) is 6.82. The average molecular weight is 171 g/mol. The highest BCUT2D eigenvalue weighted by molar-refractivity contribution is 6.37. The van der Waals surface area contributed by atoms with Crippen LogP contribution < -0.4 is 5.73 Å². The molecule has 0 bridgehead atoms. The van der Waals surface area contributed by atoms with E-state index in [1.807, 2.05) is 0 Å². The van der Waals surface area contributed by atoms with Crippen LogP contribution in [0.15, 0.2) is 0 Å². The van der Waals surface area contributed by atoms with Crippen molar-refractivity contribution < 1.29 is 14.7 Å². The second kappa shape index (κ2) is 3.78. The Kier molecular flexibility index (Phi) is 2.94. The first kappa shape index (κ1) is 9.35. The maximum atomic E-state index is 10.9. The molecule has 0 amide bonds. The molecule has 0 aliphatic heterocycles. The van der Waals surface area contributed by atoms with Gasteiger partial charge in [0.05, 0.1) is 6.10 Å². The third-order valence-corrected chi connectivity index (χ3v) is 2.29. The van der Waals surface area contributed by atoms with Gasteiger partial charge in [-0.3, -0.25) is 9.59 Å². The summed E-state index contributed by atoms with van der Waals surface area (Å²) >= 11 is 0. The molecule has 2 unspecified atom stereocenters. The second-order valence-corrected chi connectivity index (χ2v) is 3.15. The topological polar surface area (TPSA) is 80.4 Å². The lowest BCUT2D eigenvalue weighted by molar-refractivity contribution is -0.140. The molecule has 1 aliphatic carbocycles. The lowest BCUT2D eigenvalue weighted by atomic mass is 9.84. The Labute approximate surface area is 70.7 Å². The molecule has 0 saturated heterocycles. The van der Waals surface area contributed by atoms with Crippen molar-refractivity contribution in [1.82, 2.24) is 0 Å². The monoisotopic (exact) mass is 171 g/mol. The van der Waals surface area contributed by atoms with Crippen LogP contribution in [-0.2, 0) is 9.59 Å². The molecule has 1 fully saturated rings. The van der Waals surface area contributed by atoms with E-state index in [-0.39, 0.29) is 36.9 Å². The minimum atomic E-state index is -0.637. The molecular weight excluding hydrogens is 158 g/mol. The van der Waals surface area contributed by atoms with Crippen LogP contribution in [0.25, 0.3) is 0 Å². The first-order chi connectivity index (χ1) is 5.65. The summed E-state index contributed by atoms with van der Waals surface area (Å²) in [4.78, 5) is 21.7. The lowest BCUT2D eigenvalue weighted by Gasteiger charge is -2.23. The molecule has 3 N–H and O–H groups in total. The molecule has 1 aliphatic rings. The van der Waals surface area contributed by atoms with Gasteiger partial charge in [-0.15, -0.1) is 0 Å². The molecule has 0 spiro atoms. The van der Waals surface area contributed by atoms with Crippen molar-refractivity contribution in [2.45, 2.75) is 25.4 Å². The van der Waals surface area contributed by atoms with Gasteiger partial charge >= 0.3 is 0 Å². The van der Waals surface area contributed by atoms with E-state index in [9.17, 15) is 14.7 Å². The molecule has 2 atom stereocenters. The Morgan fingerprint density at radius 1 is 1.50 bits per heavy atom. The average Bonchev–Trinajstić information content (AvgIpc) is 2.08. The molecule has 4 heteroatoms. The van der Waals surface area contributed by atoms with Crippen LogP contribution in [0.1, 0.15) is 19.3 Å². The summed E-state index contributed by atoms with van der Waals surface area (Å²) in [6, 6.07) is 0. The number of carbonyl (C=O) groups is 2. The van der Waals surface area contributed by atoms with E-state index in [4.69, 9.17) is 5.73 Å². The van der Waals surface area contributed by atoms with Crippen LogP contribution >= 0.6 is 0 Å². The summed E-state index contributed by atoms with van der Waals surface area (Å²) in [5.74, 6) is -0.783. The highest BCUT2D eigenvalue weighted by Gasteiger charge is 2.29. The van der Waals surface area contributed by atoms with E-state index >= 15 is 0 Å². The molecule has 0 aromatic heterocycles. The second-order valence-electron chi connectivity index (χ2n) is 3.15. The van der Waals surface area contributed by atoms with Crippen molar-refractivity contribution in [3.8, 4) is 0 Å². The van der Waals surface area contributed by atoms with E-state index in [0.29, 0.717) is 6.42 Å². The van der Waals surface area contributed by atoms with Crippen molar-refractivity contribution in [1.29, 1.82) is 0 Å². The van der Waals surface area contributed by atoms with E-state index in [1.165, 1.54) is 0 Å². The zero-order chi connectivity index (χ0) is 9.14. The maximum Gasteiger partial charge on any atom is 0.198 e. The number of aliphatic hydroxyl groups is 1. The van der Waals surface area contributed by atoms with Gasteiger partial charge in [0.2, 0.25) is 0 Å². The molecular formula is C8H13NO3. The van der Waals surface area contributed by atoms with Crippen molar-refractivity contribution in [2.24, 2.45) is 11.7 Å². The molecule has 0 aromatic rings. The molecule has 1 rings (SSSR count). The molecule has 0 aromatic carbocycles. The fourth-order valence-electron chi connectivity index (χ4n) is 1.43. The lowest BCUT2D eigenvalue weighted by Crippen LogP contribution is -2.35. The minimum absolute atomic E-state index is 0.111. The van der Waals surface area contributed by atoms with Crippen LogP contribution in [-0.4, -0.2) is 29.3 Å². The van der Waals surface area contributed by atoms with E-state index in [2.05, 4.69) is 0 Å². The number of nitrogens with two attached hydrogens (primary N) is 1. The predicted molar refractivity (Wildman–Crippen MR) is 42.4 cm³/mol.